The molecule has 0 spiro atoms. The number of nitrogens with two attached hydrogens (primary N) is 1. The van der Waals surface area contributed by atoms with Gasteiger partial charge in [0, 0.05) is 10.0 Å². The van der Waals surface area contributed by atoms with Crippen molar-refractivity contribution in [1.82, 2.24) is 9.66 Å². The monoisotopic (exact) mass is 330 g/mol. The number of halogens is 1. The van der Waals surface area contributed by atoms with E-state index in [4.69, 9.17) is 5.73 Å². The highest BCUT2D eigenvalue weighted by Crippen LogP contribution is 2.21. The van der Waals surface area contributed by atoms with Crippen LogP contribution in [-0.2, 0) is 0 Å². The molecular weight excluding hydrogens is 320 g/mol. The number of nitrogen functional groups attached to an aromatic ring is 1. The molecule has 0 unspecified atom stereocenters. The van der Waals surface area contributed by atoms with Crippen LogP contribution in [0.5, 0.6) is 5.75 Å². The van der Waals surface area contributed by atoms with Gasteiger partial charge in [0.2, 0.25) is 5.95 Å². The number of imidazole rings is 1. The number of aromatic hydroxyl groups is 1. The third-order valence-electron chi connectivity index (χ3n) is 2.86. The smallest absolute Gasteiger partial charge is 0.222 e. The summed E-state index contributed by atoms with van der Waals surface area (Å²) < 4.78 is 2.40. The van der Waals surface area contributed by atoms with Gasteiger partial charge in [0.15, 0.2) is 0 Å². The molecule has 2 aromatic carbocycles. The molecule has 1 heterocycles. The van der Waals surface area contributed by atoms with E-state index >= 15 is 0 Å². The Morgan fingerprint density at radius 2 is 2.05 bits per heavy atom. The maximum absolute atomic E-state index is 9.78. The van der Waals surface area contributed by atoms with E-state index in [9.17, 15) is 5.11 Å². The lowest BCUT2D eigenvalue weighted by atomic mass is 10.2. The Labute approximate surface area is 123 Å². The summed E-state index contributed by atoms with van der Waals surface area (Å²) in [6.07, 6.45) is 1.55. The van der Waals surface area contributed by atoms with Crippen LogP contribution < -0.4 is 5.73 Å². The molecule has 0 amide bonds. The molecule has 5 nitrogen and oxygen atoms in total. The number of hydrogen-bond acceptors (Lipinski definition) is 4. The summed E-state index contributed by atoms with van der Waals surface area (Å²) in [6, 6.07) is 12.7. The van der Waals surface area contributed by atoms with E-state index in [2.05, 4.69) is 26.0 Å². The zero-order valence-electron chi connectivity index (χ0n) is 10.4. The summed E-state index contributed by atoms with van der Waals surface area (Å²) in [5.74, 6) is 0.455. The van der Waals surface area contributed by atoms with E-state index in [0.717, 1.165) is 15.5 Å². The van der Waals surface area contributed by atoms with E-state index < -0.39 is 0 Å². The summed E-state index contributed by atoms with van der Waals surface area (Å²) in [6.45, 7) is 0. The summed E-state index contributed by atoms with van der Waals surface area (Å²) in [5.41, 5.74) is 8.04. The lowest BCUT2D eigenvalue weighted by Gasteiger charge is -2.01. The second-order valence-electron chi connectivity index (χ2n) is 4.22. The quantitative estimate of drug-likeness (QED) is 0.709. The zero-order chi connectivity index (χ0) is 14.1. The Bertz CT molecular complexity index is 810. The highest BCUT2D eigenvalue weighted by atomic mass is 79.9. The van der Waals surface area contributed by atoms with Crippen molar-refractivity contribution in [3.8, 4) is 5.75 Å². The van der Waals surface area contributed by atoms with Gasteiger partial charge in [0.25, 0.3) is 0 Å². The van der Waals surface area contributed by atoms with Gasteiger partial charge in [-0.05, 0) is 30.3 Å². The number of phenols is 1. The van der Waals surface area contributed by atoms with Gasteiger partial charge >= 0.3 is 0 Å². The van der Waals surface area contributed by atoms with Crippen LogP contribution in [0, 0.1) is 0 Å². The largest absolute Gasteiger partial charge is 0.507 e. The predicted molar refractivity (Wildman–Crippen MR) is 82.9 cm³/mol. The maximum atomic E-state index is 9.78. The van der Waals surface area contributed by atoms with Crippen LogP contribution in [0.2, 0.25) is 0 Å². The molecule has 3 N–H and O–H groups in total. The first-order chi connectivity index (χ1) is 9.65. The van der Waals surface area contributed by atoms with E-state index in [0.29, 0.717) is 11.5 Å². The molecule has 1 aromatic heterocycles. The van der Waals surface area contributed by atoms with Crippen LogP contribution in [0.4, 0.5) is 5.95 Å². The van der Waals surface area contributed by atoms with Crippen molar-refractivity contribution in [2.75, 3.05) is 5.73 Å². The Kier molecular flexibility index (Phi) is 3.15. The Hall–Kier alpha value is -2.34. The number of anilines is 1. The summed E-state index contributed by atoms with van der Waals surface area (Å²) in [7, 11) is 0. The van der Waals surface area contributed by atoms with Crippen LogP contribution in [0.15, 0.2) is 52.0 Å². The molecule has 0 aliphatic rings. The third kappa shape index (κ3) is 2.25. The topological polar surface area (TPSA) is 76.4 Å². The van der Waals surface area contributed by atoms with Crippen molar-refractivity contribution in [3.63, 3.8) is 0 Å². The van der Waals surface area contributed by atoms with Gasteiger partial charge < -0.3 is 10.8 Å². The van der Waals surface area contributed by atoms with Gasteiger partial charge in [-0.2, -0.15) is 9.78 Å². The molecule has 20 heavy (non-hydrogen) atoms. The lowest BCUT2D eigenvalue weighted by molar-refractivity contribution is 0.474. The fourth-order valence-corrected chi connectivity index (χ4v) is 2.28. The van der Waals surface area contributed by atoms with Crippen molar-refractivity contribution in [2.24, 2.45) is 5.10 Å². The normalized spacial score (nSPS) is 11.4. The molecule has 3 rings (SSSR count). The molecular formula is C14H11BrN4O. The Morgan fingerprint density at radius 1 is 1.25 bits per heavy atom. The number of fused-ring (bicyclic) bond motifs is 1. The second kappa shape index (κ2) is 4.97. The van der Waals surface area contributed by atoms with Gasteiger partial charge in [-0.25, -0.2) is 4.98 Å². The fourth-order valence-electron chi connectivity index (χ4n) is 1.90. The van der Waals surface area contributed by atoms with Crippen LogP contribution in [0.1, 0.15) is 5.56 Å². The Balaban J connectivity index is 2.06. The first-order valence-electron chi connectivity index (χ1n) is 5.91. The number of rotatable bonds is 2. The molecule has 0 saturated heterocycles. The summed E-state index contributed by atoms with van der Waals surface area (Å²) in [5, 5.41) is 14.1. The van der Waals surface area contributed by atoms with Crippen LogP contribution >= 0.6 is 15.9 Å². The maximum Gasteiger partial charge on any atom is 0.222 e. The average Bonchev–Trinajstić information content (AvgIpc) is 2.75. The summed E-state index contributed by atoms with van der Waals surface area (Å²) >= 11 is 3.35. The van der Waals surface area contributed by atoms with E-state index in [1.165, 1.54) is 4.68 Å². The standard InChI is InChI=1S/C14H11BrN4O/c15-10-5-6-13(20)9(7-10)8-17-19-12-4-2-1-3-11(12)18-14(19)16/h1-8,20H,(H2,16,18)/b17-8-. The molecule has 6 heteroatoms. The van der Waals surface area contributed by atoms with Crippen LogP contribution in [-0.4, -0.2) is 21.0 Å². The van der Waals surface area contributed by atoms with Crippen LogP contribution in [0.25, 0.3) is 11.0 Å². The number of benzene rings is 2. The first kappa shape index (κ1) is 12.7. The molecule has 0 fully saturated rings. The minimum Gasteiger partial charge on any atom is -0.507 e. The van der Waals surface area contributed by atoms with E-state index in [1.54, 1.807) is 24.4 Å². The summed E-state index contributed by atoms with van der Waals surface area (Å²) in [4.78, 5) is 4.22. The molecule has 0 radical (unpaired) electrons. The molecule has 3 aromatic rings. The molecule has 0 aliphatic heterocycles. The van der Waals surface area contributed by atoms with Crippen LogP contribution in [0.3, 0.4) is 0 Å². The Morgan fingerprint density at radius 3 is 2.90 bits per heavy atom. The highest BCUT2D eigenvalue weighted by molar-refractivity contribution is 9.10. The minimum absolute atomic E-state index is 0.153. The van der Waals surface area contributed by atoms with Gasteiger partial charge in [0.1, 0.15) is 5.75 Å². The predicted octanol–water partition coefficient (Wildman–Crippen LogP) is 2.97. The minimum atomic E-state index is 0.153. The SMILES string of the molecule is Nc1nc2ccccc2n1/N=C\c1cc(Br)ccc1O. The van der Waals surface area contributed by atoms with Crippen molar-refractivity contribution in [2.45, 2.75) is 0 Å². The van der Waals surface area contributed by atoms with Crippen molar-refractivity contribution < 1.29 is 5.11 Å². The zero-order valence-corrected chi connectivity index (χ0v) is 11.9. The first-order valence-corrected chi connectivity index (χ1v) is 6.70. The van der Waals surface area contributed by atoms with Crippen molar-refractivity contribution in [1.29, 1.82) is 0 Å². The van der Waals surface area contributed by atoms with Gasteiger partial charge in [-0.15, -0.1) is 0 Å². The molecule has 0 atom stereocenters. The average molecular weight is 331 g/mol. The molecule has 0 aliphatic carbocycles. The van der Waals surface area contributed by atoms with Crippen molar-refractivity contribution in [3.05, 3.63) is 52.5 Å². The van der Waals surface area contributed by atoms with Gasteiger partial charge in [-0.1, -0.05) is 28.1 Å². The number of hydrogen-bond donors (Lipinski definition) is 2. The second-order valence-corrected chi connectivity index (χ2v) is 5.13. The van der Waals surface area contributed by atoms with E-state index in [-0.39, 0.29) is 5.75 Å². The fraction of sp³-hybridized carbons (Fsp3) is 0. The highest BCUT2D eigenvalue weighted by Gasteiger charge is 2.06. The van der Waals surface area contributed by atoms with Gasteiger partial charge in [-0.3, -0.25) is 0 Å². The van der Waals surface area contributed by atoms with Crippen molar-refractivity contribution >= 4 is 39.1 Å². The number of para-hydroxylation sites is 2. The molecule has 0 bridgehead atoms. The number of nitrogens with zero attached hydrogens (tertiary/aromatic N) is 3. The number of aromatic nitrogens is 2. The van der Waals surface area contributed by atoms with Gasteiger partial charge in [0.05, 0.1) is 17.2 Å². The lowest BCUT2D eigenvalue weighted by Crippen LogP contribution is -1.98. The molecule has 0 saturated carbocycles. The molecule has 100 valence electrons. The number of phenolic OH excluding ortho intramolecular Hbond substituents is 1. The van der Waals surface area contributed by atoms with E-state index in [1.807, 2.05) is 24.3 Å². The third-order valence-corrected chi connectivity index (χ3v) is 3.36.